The molecular weight excluding hydrogens is 456 g/mol. The van der Waals surface area contributed by atoms with Crippen LogP contribution in [-0.4, -0.2) is 42.0 Å². The molecule has 172 valence electrons. The van der Waals surface area contributed by atoms with Gasteiger partial charge in [0.2, 0.25) is 5.91 Å². The van der Waals surface area contributed by atoms with Crippen LogP contribution in [0, 0.1) is 5.82 Å². The number of amides is 2. The standard InChI is InChI=1S/C20H19ClF4N4O3/c21-14-3-2-13(8-15(14)22)32-10-18(30)28-12-1-4-16(27-9-12)19(31)29-17-7-11(5-6-26-17)20(23,24)25/h2-3,5-8,12,16,27H,1,4,9-10H2,(H,28,30)(H,26,29,31). The highest BCUT2D eigenvalue weighted by Crippen LogP contribution is 2.30. The van der Waals surface area contributed by atoms with Crippen LogP contribution < -0.4 is 20.7 Å². The number of piperidine rings is 1. The summed E-state index contributed by atoms with van der Waals surface area (Å²) in [6.45, 7) is -0.0574. The van der Waals surface area contributed by atoms with Gasteiger partial charge in [-0.2, -0.15) is 13.2 Å². The zero-order chi connectivity index (χ0) is 23.3. The van der Waals surface area contributed by atoms with Gasteiger partial charge in [0.25, 0.3) is 5.91 Å². The molecule has 1 aliphatic heterocycles. The number of rotatable bonds is 6. The van der Waals surface area contributed by atoms with Crippen molar-refractivity contribution in [1.29, 1.82) is 0 Å². The van der Waals surface area contributed by atoms with Crippen molar-refractivity contribution in [3.63, 3.8) is 0 Å². The highest BCUT2D eigenvalue weighted by molar-refractivity contribution is 6.30. The number of halogens is 5. The third kappa shape index (κ3) is 6.54. The Kier molecular flexibility index (Phi) is 7.52. The molecule has 0 spiro atoms. The van der Waals surface area contributed by atoms with Crippen molar-refractivity contribution in [3.8, 4) is 5.75 Å². The maximum absolute atomic E-state index is 13.4. The quantitative estimate of drug-likeness (QED) is 0.559. The van der Waals surface area contributed by atoms with Crippen LogP contribution in [0.4, 0.5) is 23.4 Å². The smallest absolute Gasteiger partial charge is 0.416 e. The van der Waals surface area contributed by atoms with E-state index in [-0.39, 0.29) is 35.8 Å². The molecule has 0 saturated carbocycles. The second-order valence-corrected chi connectivity index (χ2v) is 7.49. The Morgan fingerprint density at radius 1 is 1.22 bits per heavy atom. The van der Waals surface area contributed by atoms with Crippen molar-refractivity contribution < 1.29 is 31.9 Å². The Bertz CT molecular complexity index is 982. The second-order valence-electron chi connectivity index (χ2n) is 7.08. The number of alkyl halides is 3. The van der Waals surface area contributed by atoms with Crippen molar-refractivity contribution in [2.75, 3.05) is 18.5 Å². The molecule has 12 heteroatoms. The number of hydrogen-bond acceptors (Lipinski definition) is 5. The molecule has 2 amide bonds. The molecule has 2 unspecified atom stereocenters. The topological polar surface area (TPSA) is 92.3 Å². The molecule has 1 aliphatic rings. The summed E-state index contributed by atoms with van der Waals surface area (Å²) >= 11 is 5.58. The van der Waals surface area contributed by atoms with Crippen LogP contribution in [-0.2, 0) is 15.8 Å². The molecule has 0 bridgehead atoms. The Morgan fingerprint density at radius 3 is 2.66 bits per heavy atom. The van der Waals surface area contributed by atoms with E-state index in [4.69, 9.17) is 16.3 Å². The van der Waals surface area contributed by atoms with E-state index in [1.165, 1.54) is 12.1 Å². The molecule has 3 N–H and O–H groups in total. The van der Waals surface area contributed by atoms with Crippen LogP contribution in [0.15, 0.2) is 36.5 Å². The minimum atomic E-state index is -4.54. The lowest BCUT2D eigenvalue weighted by Gasteiger charge is -2.29. The first-order chi connectivity index (χ1) is 15.1. The zero-order valence-corrected chi connectivity index (χ0v) is 17.3. The highest BCUT2D eigenvalue weighted by atomic mass is 35.5. The number of carbonyl (C=O) groups excluding carboxylic acids is 2. The van der Waals surface area contributed by atoms with Crippen LogP contribution in [0.2, 0.25) is 5.02 Å². The van der Waals surface area contributed by atoms with E-state index in [0.29, 0.717) is 12.8 Å². The number of nitrogens with zero attached hydrogens (tertiary/aromatic N) is 1. The van der Waals surface area contributed by atoms with Gasteiger partial charge in [0, 0.05) is 24.8 Å². The lowest BCUT2D eigenvalue weighted by molar-refractivity contribution is -0.137. The predicted octanol–water partition coefficient (Wildman–Crippen LogP) is 3.15. The first-order valence-corrected chi connectivity index (χ1v) is 9.94. The Labute approximate surface area is 185 Å². The van der Waals surface area contributed by atoms with Crippen LogP contribution in [0.3, 0.4) is 0 Å². The zero-order valence-electron chi connectivity index (χ0n) is 16.5. The number of benzene rings is 1. The van der Waals surface area contributed by atoms with E-state index in [1.54, 1.807) is 0 Å². The normalized spacial score (nSPS) is 18.7. The number of hydrogen-bond donors (Lipinski definition) is 3. The number of aromatic nitrogens is 1. The van der Waals surface area contributed by atoms with Crippen LogP contribution in [0.5, 0.6) is 5.75 Å². The molecule has 1 fully saturated rings. The molecule has 2 aromatic rings. The molecule has 1 saturated heterocycles. The summed E-state index contributed by atoms with van der Waals surface area (Å²) in [5.74, 6) is -1.65. The van der Waals surface area contributed by atoms with E-state index in [2.05, 4.69) is 20.9 Å². The lowest BCUT2D eigenvalue weighted by atomic mass is 10.00. The lowest BCUT2D eigenvalue weighted by Crippen LogP contribution is -2.53. The molecule has 3 rings (SSSR count). The molecule has 2 heterocycles. The molecule has 7 nitrogen and oxygen atoms in total. The van der Waals surface area contributed by atoms with Crippen molar-refractivity contribution in [2.45, 2.75) is 31.1 Å². The molecule has 1 aromatic heterocycles. The number of ether oxygens (including phenoxy) is 1. The molecule has 0 radical (unpaired) electrons. The number of carbonyl (C=O) groups is 2. The van der Waals surface area contributed by atoms with Crippen LogP contribution in [0.25, 0.3) is 0 Å². The Morgan fingerprint density at radius 2 is 2.00 bits per heavy atom. The number of nitrogens with one attached hydrogen (secondary N) is 3. The summed E-state index contributed by atoms with van der Waals surface area (Å²) in [6.07, 6.45) is -2.76. The summed E-state index contributed by atoms with van der Waals surface area (Å²) in [5, 5.41) is 7.99. The van der Waals surface area contributed by atoms with Gasteiger partial charge in [0.15, 0.2) is 6.61 Å². The van der Waals surface area contributed by atoms with Gasteiger partial charge in [-0.3, -0.25) is 9.59 Å². The third-order valence-corrected chi connectivity index (χ3v) is 5.00. The molecule has 1 aromatic carbocycles. The van der Waals surface area contributed by atoms with E-state index in [9.17, 15) is 27.2 Å². The van der Waals surface area contributed by atoms with Crippen molar-refractivity contribution in [3.05, 3.63) is 52.9 Å². The SMILES string of the molecule is O=C(COc1ccc(Cl)c(F)c1)NC1CCC(C(=O)Nc2cc(C(F)(F)F)ccn2)NC1. The third-order valence-electron chi connectivity index (χ3n) is 4.70. The summed E-state index contributed by atoms with van der Waals surface area (Å²) in [4.78, 5) is 28.1. The monoisotopic (exact) mass is 474 g/mol. The van der Waals surface area contributed by atoms with Gasteiger partial charge >= 0.3 is 6.18 Å². The summed E-state index contributed by atoms with van der Waals surface area (Å²) in [6, 6.07) is 4.47. The first kappa shape index (κ1) is 23.7. The number of anilines is 1. The van der Waals surface area contributed by atoms with E-state index < -0.39 is 35.4 Å². The van der Waals surface area contributed by atoms with Gasteiger partial charge in [-0.05, 0) is 37.1 Å². The van der Waals surface area contributed by atoms with Crippen molar-refractivity contribution in [1.82, 2.24) is 15.6 Å². The van der Waals surface area contributed by atoms with Crippen LogP contribution in [0.1, 0.15) is 18.4 Å². The number of pyridine rings is 1. The van der Waals surface area contributed by atoms with Gasteiger partial charge in [-0.1, -0.05) is 11.6 Å². The summed E-state index contributed by atoms with van der Waals surface area (Å²) in [7, 11) is 0. The van der Waals surface area contributed by atoms with Gasteiger partial charge in [0.1, 0.15) is 17.4 Å². The molecule has 0 aliphatic carbocycles. The minimum absolute atomic E-state index is 0.0579. The molecular formula is C20H19ClF4N4O3. The van der Waals surface area contributed by atoms with Gasteiger partial charge in [0.05, 0.1) is 16.6 Å². The largest absolute Gasteiger partial charge is 0.484 e. The molecule has 32 heavy (non-hydrogen) atoms. The second kappa shape index (κ2) is 10.1. The van der Waals surface area contributed by atoms with Gasteiger partial charge in [-0.15, -0.1) is 0 Å². The van der Waals surface area contributed by atoms with E-state index >= 15 is 0 Å². The predicted molar refractivity (Wildman–Crippen MR) is 108 cm³/mol. The fourth-order valence-electron chi connectivity index (χ4n) is 3.08. The van der Waals surface area contributed by atoms with Crippen LogP contribution >= 0.6 is 11.6 Å². The highest BCUT2D eigenvalue weighted by Gasteiger charge is 2.31. The Balaban J connectivity index is 1.43. The summed E-state index contributed by atoms with van der Waals surface area (Å²) in [5.41, 5.74) is -0.911. The van der Waals surface area contributed by atoms with E-state index in [0.717, 1.165) is 24.4 Å². The fourth-order valence-corrected chi connectivity index (χ4v) is 3.19. The average Bonchev–Trinajstić information content (AvgIpc) is 2.74. The summed E-state index contributed by atoms with van der Waals surface area (Å²) < 4.78 is 56.9. The molecule has 2 atom stereocenters. The van der Waals surface area contributed by atoms with Gasteiger partial charge < -0.3 is 20.7 Å². The minimum Gasteiger partial charge on any atom is -0.484 e. The van der Waals surface area contributed by atoms with Crippen molar-refractivity contribution >= 4 is 29.2 Å². The maximum Gasteiger partial charge on any atom is 0.416 e. The Hall–Kier alpha value is -2.92. The average molecular weight is 475 g/mol. The van der Waals surface area contributed by atoms with E-state index in [1.807, 2.05) is 0 Å². The first-order valence-electron chi connectivity index (χ1n) is 9.56. The van der Waals surface area contributed by atoms with Crippen molar-refractivity contribution in [2.24, 2.45) is 0 Å². The maximum atomic E-state index is 13.4. The van der Waals surface area contributed by atoms with Gasteiger partial charge in [-0.25, -0.2) is 9.37 Å². The fraction of sp³-hybridized carbons (Fsp3) is 0.350.